The number of hydrogen-bond acceptors (Lipinski definition) is 5. The van der Waals surface area contributed by atoms with Crippen LogP contribution in [0.5, 0.6) is 0 Å². The number of thiazole rings is 1. The monoisotopic (exact) mass is 479 g/mol. The number of hydrogen-bond donors (Lipinski definition) is 3. The minimum atomic E-state index is -0.122. The van der Waals surface area contributed by atoms with Gasteiger partial charge in [-0.2, -0.15) is 0 Å². The van der Waals surface area contributed by atoms with Crippen molar-refractivity contribution in [3.63, 3.8) is 0 Å². The number of nitrogens with one attached hydrogen (secondary N) is 2. The van der Waals surface area contributed by atoms with Crippen LogP contribution >= 0.6 is 11.3 Å². The summed E-state index contributed by atoms with van der Waals surface area (Å²) < 4.78 is 7.99. The maximum Gasteiger partial charge on any atom is 0.185 e. The van der Waals surface area contributed by atoms with E-state index in [2.05, 4.69) is 65.8 Å². The highest BCUT2D eigenvalue weighted by Crippen LogP contribution is 2.35. The van der Waals surface area contributed by atoms with Gasteiger partial charge < -0.3 is 20.7 Å². The van der Waals surface area contributed by atoms with E-state index >= 15 is 0 Å². The lowest BCUT2D eigenvalue weighted by Crippen LogP contribution is -2.35. The summed E-state index contributed by atoms with van der Waals surface area (Å²) in [5.41, 5.74) is 8.95. The summed E-state index contributed by atoms with van der Waals surface area (Å²) in [4.78, 5) is 7.35. The lowest BCUT2D eigenvalue weighted by Gasteiger charge is -2.31. The standard InChI is InChI=1S/C27H37N5OS/c1-32-17-14-22(15-18-32)33-25(26-31-23-12-5-6-13-24(23)34-26)21-11-8-10-20(19-21)9-4-2-3-7-16-30-27(28)29/h5-6,8,10-13,19,22,25H,2-4,7,9,14-18H2,1H3,(H4,28,29,30). The molecule has 1 aliphatic rings. The Morgan fingerprint density at radius 2 is 1.94 bits per heavy atom. The van der Waals surface area contributed by atoms with Crippen molar-refractivity contribution in [2.75, 3.05) is 26.7 Å². The average molecular weight is 480 g/mol. The Labute approximate surface area is 207 Å². The molecule has 2 heterocycles. The number of aryl methyl sites for hydroxylation is 1. The molecule has 0 radical (unpaired) electrons. The summed E-state index contributed by atoms with van der Waals surface area (Å²) in [6.07, 6.45) is 7.87. The zero-order chi connectivity index (χ0) is 23.8. The maximum atomic E-state index is 7.21. The summed E-state index contributed by atoms with van der Waals surface area (Å²) in [7, 11) is 2.19. The summed E-state index contributed by atoms with van der Waals surface area (Å²) in [6, 6.07) is 17.3. The van der Waals surface area contributed by atoms with Gasteiger partial charge >= 0.3 is 0 Å². The van der Waals surface area contributed by atoms with Crippen LogP contribution in [0.3, 0.4) is 0 Å². The number of nitrogens with two attached hydrogens (primary N) is 1. The molecule has 6 nitrogen and oxygen atoms in total. The summed E-state index contributed by atoms with van der Waals surface area (Å²) in [5.74, 6) is 0.0574. The van der Waals surface area contributed by atoms with Crippen molar-refractivity contribution in [1.82, 2.24) is 15.2 Å². The van der Waals surface area contributed by atoms with Crippen molar-refractivity contribution in [2.24, 2.45) is 5.73 Å². The fourth-order valence-corrected chi connectivity index (χ4v) is 5.57. The first-order chi connectivity index (χ1) is 16.6. The zero-order valence-electron chi connectivity index (χ0n) is 20.1. The minimum absolute atomic E-state index is 0.0574. The van der Waals surface area contributed by atoms with E-state index in [0.717, 1.165) is 68.7 Å². The molecule has 0 aliphatic carbocycles. The number of benzene rings is 2. The molecule has 3 aromatic rings. The van der Waals surface area contributed by atoms with E-state index in [1.54, 1.807) is 11.3 Å². The van der Waals surface area contributed by atoms with Gasteiger partial charge in [-0.25, -0.2) is 4.98 Å². The molecule has 182 valence electrons. The largest absolute Gasteiger partial charge is 0.370 e. The molecule has 0 amide bonds. The van der Waals surface area contributed by atoms with Gasteiger partial charge in [0.15, 0.2) is 5.96 Å². The van der Waals surface area contributed by atoms with E-state index in [-0.39, 0.29) is 18.2 Å². The normalized spacial score (nSPS) is 16.0. The van der Waals surface area contributed by atoms with Crippen LogP contribution in [0.2, 0.25) is 0 Å². The maximum absolute atomic E-state index is 7.21. The van der Waals surface area contributed by atoms with E-state index in [4.69, 9.17) is 20.9 Å². The van der Waals surface area contributed by atoms with Crippen LogP contribution in [0, 0.1) is 5.41 Å². The quantitative estimate of drug-likeness (QED) is 0.203. The van der Waals surface area contributed by atoms with Crippen molar-refractivity contribution in [3.05, 3.63) is 64.7 Å². The van der Waals surface area contributed by atoms with Crippen LogP contribution in [-0.4, -0.2) is 48.6 Å². The van der Waals surface area contributed by atoms with Gasteiger partial charge in [0.1, 0.15) is 11.1 Å². The lowest BCUT2D eigenvalue weighted by molar-refractivity contribution is -0.0234. The molecule has 4 N–H and O–H groups in total. The van der Waals surface area contributed by atoms with Crippen LogP contribution in [0.1, 0.15) is 60.8 Å². The molecule has 0 saturated carbocycles. The highest BCUT2D eigenvalue weighted by Gasteiger charge is 2.26. The Morgan fingerprint density at radius 1 is 1.15 bits per heavy atom. The van der Waals surface area contributed by atoms with Crippen LogP contribution in [0.25, 0.3) is 10.2 Å². The third kappa shape index (κ3) is 7.01. The number of aromatic nitrogens is 1. The predicted molar refractivity (Wildman–Crippen MR) is 142 cm³/mol. The van der Waals surface area contributed by atoms with Gasteiger partial charge in [0, 0.05) is 19.6 Å². The van der Waals surface area contributed by atoms with E-state index in [9.17, 15) is 0 Å². The number of fused-ring (bicyclic) bond motifs is 1. The van der Waals surface area contributed by atoms with E-state index in [0.29, 0.717) is 0 Å². The van der Waals surface area contributed by atoms with Gasteiger partial charge in [-0.1, -0.05) is 49.2 Å². The molecule has 1 aromatic heterocycles. The van der Waals surface area contributed by atoms with Crippen molar-refractivity contribution in [2.45, 2.75) is 57.2 Å². The summed E-state index contributed by atoms with van der Waals surface area (Å²) in [6.45, 7) is 2.95. The van der Waals surface area contributed by atoms with Gasteiger partial charge in [0.05, 0.1) is 16.3 Å². The molecule has 1 aliphatic heterocycles. The number of likely N-dealkylation sites (tertiary alicyclic amines) is 1. The Kier molecular flexibility index (Phi) is 8.91. The first kappa shape index (κ1) is 24.6. The number of piperidine rings is 1. The number of unbranched alkanes of at least 4 members (excludes halogenated alkanes) is 3. The molecular weight excluding hydrogens is 442 g/mol. The van der Waals surface area contributed by atoms with Crippen LogP contribution in [0.4, 0.5) is 0 Å². The van der Waals surface area contributed by atoms with Crippen LogP contribution < -0.4 is 11.1 Å². The van der Waals surface area contributed by atoms with Crippen molar-refractivity contribution in [1.29, 1.82) is 5.41 Å². The van der Waals surface area contributed by atoms with Crippen molar-refractivity contribution >= 4 is 27.5 Å². The Hall–Kier alpha value is -2.48. The highest BCUT2D eigenvalue weighted by molar-refractivity contribution is 7.18. The minimum Gasteiger partial charge on any atom is -0.370 e. The molecule has 7 heteroatoms. The SMILES string of the molecule is CN1CCC(OC(c2cccc(CCCCCCNC(=N)N)c2)c2nc3ccccc3s2)CC1. The molecule has 0 spiro atoms. The zero-order valence-corrected chi connectivity index (χ0v) is 20.9. The number of ether oxygens (including phenoxy) is 1. The fourth-order valence-electron chi connectivity index (χ4n) is 4.54. The van der Waals surface area contributed by atoms with Gasteiger partial charge in [-0.05, 0) is 62.4 Å². The topological polar surface area (TPSA) is 87.3 Å². The van der Waals surface area contributed by atoms with Crippen LogP contribution in [-0.2, 0) is 11.2 Å². The molecule has 4 rings (SSSR count). The lowest BCUT2D eigenvalue weighted by atomic mass is 10.0. The Balaban J connectivity index is 1.43. The van der Waals surface area contributed by atoms with Gasteiger partial charge in [0.2, 0.25) is 0 Å². The summed E-state index contributed by atoms with van der Waals surface area (Å²) in [5, 5.41) is 11.1. The van der Waals surface area contributed by atoms with E-state index in [1.807, 2.05) is 0 Å². The first-order valence-corrected chi connectivity index (χ1v) is 13.3. The van der Waals surface area contributed by atoms with Gasteiger partial charge in [-0.15, -0.1) is 11.3 Å². The van der Waals surface area contributed by atoms with Gasteiger partial charge in [0.25, 0.3) is 0 Å². The third-order valence-electron chi connectivity index (χ3n) is 6.49. The third-order valence-corrected chi connectivity index (χ3v) is 7.57. The smallest absolute Gasteiger partial charge is 0.185 e. The molecule has 1 saturated heterocycles. The van der Waals surface area contributed by atoms with Crippen molar-refractivity contribution in [3.8, 4) is 0 Å². The molecule has 0 bridgehead atoms. The molecule has 1 fully saturated rings. The first-order valence-electron chi connectivity index (χ1n) is 12.4. The second kappa shape index (κ2) is 12.3. The second-order valence-corrected chi connectivity index (χ2v) is 10.4. The van der Waals surface area contributed by atoms with Crippen LogP contribution in [0.15, 0.2) is 48.5 Å². The molecule has 1 unspecified atom stereocenters. The number of guanidine groups is 1. The molecular formula is C27H37N5OS. The van der Waals surface area contributed by atoms with Crippen molar-refractivity contribution < 1.29 is 4.74 Å². The second-order valence-electron chi connectivity index (χ2n) is 9.29. The number of rotatable bonds is 11. The Morgan fingerprint density at radius 3 is 2.74 bits per heavy atom. The Bertz CT molecular complexity index is 1030. The van der Waals surface area contributed by atoms with E-state index < -0.39 is 0 Å². The molecule has 34 heavy (non-hydrogen) atoms. The fraction of sp³-hybridized carbons (Fsp3) is 0.481. The van der Waals surface area contributed by atoms with E-state index in [1.165, 1.54) is 22.2 Å². The number of para-hydroxylation sites is 1. The number of nitrogens with zero attached hydrogens (tertiary/aromatic N) is 2. The summed E-state index contributed by atoms with van der Waals surface area (Å²) >= 11 is 1.75. The molecule has 2 aromatic carbocycles. The predicted octanol–water partition coefficient (Wildman–Crippen LogP) is 5.08. The molecule has 1 atom stereocenters. The average Bonchev–Trinajstić information content (AvgIpc) is 3.27. The highest BCUT2D eigenvalue weighted by atomic mass is 32.1. The van der Waals surface area contributed by atoms with Gasteiger partial charge in [-0.3, -0.25) is 5.41 Å².